The van der Waals surface area contributed by atoms with Gasteiger partial charge < -0.3 is 10.4 Å². The lowest BCUT2D eigenvalue weighted by Crippen LogP contribution is -2.12. The number of carbonyl (C=O) groups excluding carboxylic acids is 1. The molecule has 0 bridgehead atoms. The number of rotatable bonds is 2. The molecule has 0 heterocycles. The Labute approximate surface area is 124 Å². The van der Waals surface area contributed by atoms with Crippen molar-refractivity contribution in [1.29, 1.82) is 0 Å². The standard InChI is InChI=1S/C13H8Cl3NO2/c14-9-3-1-2-8(12(9)16)13(19)17-7-4-5-11(18)10(15)6-7/h1-6,18H,(H,17,19). The van der Waals surface area contributed by atoms with Gasteiger partial charge in [-0.3, -0.25) is 4.79 Å². The number of hydrogen-bond acceptors (Lipinski definition) is 2. The summed E-state index contributed by atoms with van der Waals surface area (Å²) in [7, 11) is 0. The number of nitrogens with one attached hydrogen (secondary N) is 1. The Balaban J connectivity index is 2.26. The first kappa shape index (κ1) is 14.0. The summed E-state index contributed by atoms with van der Waals surface area (Å²) in [5.74, 6) is -0.463. The Kier molecular flexibility index (Phi) is 4.20. The summed E-state index contributed by atoms with van der Waals surface area (Å²) in [6, 6.07) is 9.14. The number of anilines is 1. The minimum absolute atomic E-state index is 0.0551. The molecule has 0 aliphatic carbocycles. The van der Waals surface area contributed by atoms with Crippen LogP contribution in [0.25, 0.3) is 0 Å². The average molecular weight is 317 g/mol. The van der Waals surface area contributed by atoms with E-state index < -0.39 is 5.91 Å². The van der Waals surface area contributed by atoms with Gasteiger partial charge in [0.05, 0.1) is 20.6 Å². The highest BCUT2D eigenvalue weighted by molar-refractivity contribution is 6.44. The Bertz CT molecular complexity index is 644. The lowest BCUT2D eigenvalue weighted by Gasteiger charge is -2.08. The van der Waals surface area contributed by atoms with Crippen molar-refractivity contribution >= 4 is 46.4 Å². The van der Waals surface area contributed by atoms with Crippen LogP contribution in [0.15, 0.2) is 36.4 Å². The Morgan fingerprint density at radius 1 is 1.05 bits per heavy atom. The number of amides is 1. The van der Waals surface area contributed by atoms with E-state index in [-0.39, 0.29) is 21.4 Å². The van der Waals surface area contributed by atoms with Crippen LogP contribution in [0.3, 0.4) is 0 Å². The molecule has 0 radical (unpaired) electrons. The van der Waals surface area contributed by atoms with Crippen molar-refractivity contribution in [2.45, 2.75) is 0 Å². The number of halogens is 3. The summed E-state index contributed by atoms with van der Waals surface area (Å²) < 4.78 is 0. The summed E-state index contributed by atoms with van der Waals surface area (Å²) in [5.41, 5.74) is 0.710. The number of carbonyl (C=O) groups is 1. The van der Waals surface area contributed by atoms with Crippen LogP contribution in [0, 0.1) is 0 Å². The fourth-order valence-corrected chi connectivity index (χ4v) is 2.03. The predicted octanol–water partition coefficient (Wildman–Crippen LogP) is 4.60. The quantitative estimate of drug-likeness (QED) is 0.795. The maximum atomic E-state index is 12.0. The predicted molar refractivity (Wildman–Crippen MR) is 77.5 cm³/mol. The van der Waals surface area contributed by atoms with E-state index in [4.69, 9.17) is 34.8 Å². The van der Waals surface area contributed by atoms with E-state index >= 15 is 0 Å². The maximum Gasteiger partial charge on any atom is 0.257 e. The fourth-order valence-electron chi connectivity index (χ4n) is 1.46. The largest absolute Gasteiger partial charge is 0.506 e. The minimum atomic E-state index is -0.408. The third-order valence-corrected chi connectivity index (χ3v) is 3.52. The highest BCUT2D eigenvalue weighted by Gasteiger charge is 2.13. The molecule has 2 N–H and O–H groups in total. The number of phenolic OH excluding ortho intramolecular Hbond substituents is 1. The SMILES string of the molecule is O=C(Nc1ccc(O)c(Cl)c1)c1cccc(Cl)c1Cl. The number of aromatic hydroxyl groups is 1. The van der Waals surface area contributed by atoms with E-state index in [2.05, 4.69) is 5.32 Å². The van der Waals surface area contributed by atoms with Crippen molar-refractivity contribution in [3.63, 3.8) is 0 Å². The minimum Gasteiger partial charge on any atom is -0.506 e. The van der Waals surface area contributed by atoms with Gasteiger partial charge in [-0.1, -0.05) is 40.9 Å². The Morgan fingerprint density at radius 3 is 2.47 bits per heavy atom. The summed E-state index contributed by atoms with van der Waals surface area (Å²) in [5, 5.41) is 12.5. The zero-order valence-electron chi connectivity index (χ0n) is 9.45. The molecular formula is C13H8Cl3NO2. The number of hydrogen-bond donors (Lipinski definition) is 2. The van der Waals surface area contributed by atoms with Crippen LogP contribution in [-0.4, -0.2) is 11.0 Å². The molecule has 2 aromatic rings. The van der Waals surface area contributed by atoms with Gasteiger partial charge in [0.15, 0.2) is 0 Å². The van der Waals surface area contributed by atoms with Crippen LogP contribution >= 0.6 is 34.8 Å². The van der Waals surface area contributed by atoms with E-state index in [9.17, 15) is 9.90 Å². The molecule has 0 saturated carbocycles. The van der Waals surface area contributed by atoms with Gasteiger partial charge >= 0.3 is 0 Å². The van der Waals surface area contributed by atoms with E-state index in [0.717, 1.165) is 0 Å². The topological polar surface area (TPSA) is 49.3 Å². The molecule has 1 amide bonds. The van der Waals surface area contributed by atoms with Gasteiger partial charge in [0, 0.05) is 5.69 Å². The molecule has 0 aromatic heterocycles. The van der Waals surface area contributed by atoms with Crippen molar-refractivity contribution < 1.29 is 9.90 Å². The molecule has 0 spiro atoms. The first-order valence-corrected chi connectivity index (χ1v) is 6.36. The van der Waals surface area contributed by atoms with Crippen LogP contribution < -0.4 is 5.32 Å². The van der Waals surface area contributed by atoms with Gasteiger partial charge in [0.2, 0.25) is 0 Å². The van der Waals surface area contributed by atoms with E-state index in [1.165, 1.54) is 18.2 Å². The molecule has 6 heteroatoms. The summed E-state index contributed by atoms with van der Waals surface area (Å²) in [4.78, 5) is 12.0. The summed E-state index contributed by atoms with van der Waals surface area (Å²) in [6.45, 7) is 0. The third-order valence-electron chi connectivity index (χ3n) is 2.40. The zero-order chi connectivity index (χ0) is 14.0. The zero-order valence-corrected chi connectivity index (χ0v) is 11.7. The molecular weight excluding hydrogens is 309 g/mol. The molecule has 98 valence electrons. The van der Waals surface area contributed by atoms with E-state index in [1.807, 2.05) is 0 Å². The Hall–Kier alpha value is -1.42. The molecule has 19 heavy (non-hydrogen) atoms. The van der Waals surface area contributed by atoms with Crippen molar-refractivity contribution in [2.24, 2.45) is 0 Å². The second kappa shape index (κ2) is 5.70. The third kappa shape index (κ3) is 3.13. The molecule has 3 nitrogen and oxygen atoms in total. The first-order valence-electron chi connectivity index (χ1n) is 5.23. The van der Waals surface area contributed by atoms with Crippen molar-refractivity contribution in [3.05, 3.63) is 57.0 Å². The molecule has 2 aromatic carbocycles. The smallest absolute Gasteiger partial charge is 0.257 e. The van der Waals surface area contributed by atoms with Crippen LogP contribution in [0.5, 0.6) is 5.75 Å². The normalized spacial score (nSPS) is 10.3. The van der Waals surface area contributed by atoms with Gasteiger partial charge in [-0.15, -0.1) is 0 Å². The van der Waals surface area contributed by atoms with E-state index in [1.54, 1.807) is 18.2 Å². The lowest BCUT2D eigenvalue weighted by atomic mass is 10.2. The van der Waals surface area contributed by atoms with Gasteiger partial charge in [-0.2, -0.15) is 0 Å². The highest BCUT2D eigenvalue weighted by Crippen LogP contribution is 2.28. The molecule has 0 fully saturated rings. The van der Waals surface area contributed by atoms with Crippen molar-refractivity contribution in [1.82, 2.24) is 0 Å². The Morgan fingerprint density at radius 2 is 1.79 bits per heavy atom. The molecule has 0 aliphatic rings. The lowest BCUT2D eigenvalue weighted by molar-refractivity contribution is 0.102. The van der Waals surface area contributed by atoms with Crippen LogP contribution in [0.2, 0.25) is 15.1 Å². The monoisotopic (exact) mass is 315 g/mol. The van der Waals surface area contributed by atoms with Crippen molar-refractivity contribution in [3.8, 4) is 5.75 Å². The van der Waals surface area contributed by atoms with Crippen LogP contribution in [-0.2, 0) is 0 Å². The van der Waals surface area contributed by atoms with E-state index in [0.29, 0.717) is 10.7 Å². The second-order valence-electron chi connectivity index (χ2n) is 3.72. The van der Waals surface area contributed by atoms with Gasteiger partial charge in [-0.25, -0.2) is 0 Å². The number of phenols is 1. The van der Waals surface area contributed by atoms with Gasteiger partial charge in [0.1, 0.15) is 5.75 Å². The average Bonchev–Trinajstić information content (AvgIpc) is 2.37. The highest BCUT2D eigenvalue weighted by atomic mass is 35.5. The maximum absolute atomic E-state index is 12.0. The molecule has 2 rings (SSSR count). The molecule has 0 saturated heterocycles. The van der Waals surface area contributed by atoms with Gasteiger partial charge in [-0.05, 0) is 30.3 Å². The second-order valence-corrected chi connectivity index (χ2v) is 4.91. The number of benzene rings is 2. The summed E-state index contributed by atoms with van der Waals surface area (Å²) >= 11 is 17.5. The van der Waals surface area contributed by atoms with Crippen LogP contribution in [0.1, 0.15) is 10.4 Å². The van der Waals surface area contributed by atoms with Crippen molar-refractivity contribution in [2.75, 3.05) is 5.32 Å². The first-order chi connectivity index (χ1) is 8.99. The molecule has 0 aliphatic heterocycles. The summed E-state index contributed by atoms with van der Waals surface area (Å²) in [6.07, 6.45) is 0. The van der Waals surface area contributed by atoms with Gasteiger partial charge in [0.25, 0.3) is 5.91 Å². The molecule has 0 unspecified atom stereocenters. The molecule has 0 atom stereocenters. The fraction of sp³-hybridized carbons (Fsp3) is 0. The van der Waals surface area contributed by atoms with Crippen LogP contribution in [0.4, 0.5) is 5.69 Å².